The van der Waals surface area contributed by atoms with Crippen LogP contribution in [0.2, 0.25) is 0 Å². The highest BCUT2D eigenvalue weighted by atomic mass is 16.5. The van der Waals surface area contributed by atoms with Crippen molar-refractivity contribution < 1.29 is 14.1 Å². The van der Waals surface area contributed by atoms with Crippen molar-refractivity contribution in [2.75, 3.05) is 26.7 Å². The van der Waals surface area contributed by atoms with Gasteiger partial charge in [-0.1, -0.05) is 37.6 Å². The first-order valence-corrected chi connectivity index (χ1v) is 10.1. The van der Waals surface area contributed by atoms with E-state index < -0.39 is 0 Å². The van der Waals surface area contributed by atoms with Crippen molar-refractivity contribution in [3.8, 4) is 5.75 Å². The van der Waals surface area contributed by atoms with Gasteiger partial charge in [0.2, 0.25) is 0 Å². The standard InChI is InChI=1S/C22H31N3O3/c1-15(2)21-20(16(3)24-28-21)22(26)23-14-19(25-11-6-5-7-12-25)17-9-8-10-18(13-17)27-4/h8-10,13,15,19H,5-7,11-12,14H2,1-4H3,(H,23,26). The summed E-state index contributed by atoms with van der Waals surface area (Å²) in [5.74, 6) is 1.47. The molecule has 1 atom stereocenters. The molecular formula is C22H31N3O3. The molecule has 28 heavy (non-hydrogen) atoms. The topological polar surface area (TPSA) is 67.6 Å². The number of hydrogen-bond acceptors (Lipinski definition) is 5. The fourth-order valence-electron chi connectivity index (χ4n) is 3.87. The summed E-state index contributed by atoms with van der Waals surface area (Å²) >= 11 is 0. The lowest BCUT2D eigenvalue weighted by Crippen LogP contribution is -2.40. The Morgan fingerprint density at radius 2 is 2.04 bits per heavy atom. The zero-order valence-electron chi connectivity index (χ0n) is 17.3. The molecule has 1 fully saturated rings. The van der Waals surface area contributed by atoms with Crippen LogP contribution in [0.5, 0.6) is 5.75 Å². The molecule has 1 unspecified atom stereocenters. The van der Waals surface area contributed by atoms with Gasteiger partial charge in [-0.15, -0.1) is 0 Å². The van der Waals surface area contributed by atoms with E-state index in [1.807, 2.05) is 32.9 Å². The quantitative estimate of drug-likeness (QED) is 0.778. The number of likely N-dealkylation sites (tertiary alicyclic amines) is 1. The fourth-order valence-corrected chi connectivity index (χ4v) is 3.87. The van der Waals surface area contributed by atoms with Gasteiger partial charge in [-0.25, -0.2) is 0 Å². The summed E-state index contributed by atoms with van der Waals surface area (Å²) in [6.07, 6.45) is 3.65. The number of amides is 1. The van der Waals surface area contributed by atoms with Crippen LogP contribution in [0.25, 0.3) is 0 Å². The summed E-state index contributed by atoms with van der Waals surface area (Å²) < 4.78 is 10.8. The zero-order chi connectivity index (χ0) is 20.1. The predicted octanol–water partition coefficient (Wildman–Crippen LogP) is 4.07. The van der Waals surface area contributed by atoms with Crippen molar-refractivity contribution in [1.29, 1.82) is 0 Å². The Morgan fingerprint density at radius 1 is 1.29 bits per heavy atom. The highest BCUT2D eigenvalue weighted by Crippen LogP contribution is 2.27. The Morgan fingerprint density at radius 3 is 2.71 bits per heavy atom. The van der Waals surface area contributed by atoms with Gasteiger partial charge in [0.25, 0.3) is 5.91 Å². The minimum Gasteiger partial charge on any atom is -0.497 e. The molecule has 1 amide bonds. The Balaban J connectivity index is 1.80. The van der Waals surface area contributed by atoms with Gasteiger partial charge in [-0.2, -0.15) is 0 Å². The molecule has 0 spiro atoms. The van der Waals surface area contributed by atoms with E-state index in [1.165, 1.54) is 19.3 Å². The van der Waals surface area contributed by atoms with E-state index >= 15 is 0 Å². The van der Waals surface area contributed by atoms with Gasteiger partial charge in [0.05, 0.1) is 18.8 Å². The summed E-state index contributed by atoms with van der Waals surface area (Å²) in [5.41, 5.74) is 2.36. The number of nitrogens with one attached hydrogen (secondary N) is 1. The van der Waals surface area contributed by atoms with Crippen LogP contribution < -0.4 is 10.1 Å². The third-order valence-electron chi connectivity index (χ3n) is 5.41. The van der Waals surface area contributed by atoms with E-state index in [-0.39, 0.29) is 17.9 Å². The number of benzene rings is 1. The Hall–Kier alpha value is -2.34. The summed E-state index contributed by atoms with van der Waals surface area (Å²) in [7, 11) is 1.68. The van der Waals surface area contributed by atoms with Crippen molar-refractivity contribution in [1.82, 2.24) is 15.4 Å². The van der Waals surface area contributed by atoms with Crippen LogP contribution in [0.1, 0.15) is 72.4 Å². The van der Waals surface area contributed by atoms with Crippen LogP contribution >= 0.6 is 0 Å². The SMILES string of the molecule is COc1cccc(C(CNC(=O)c2c(C)noc2C(C)C)N2CCCCC2)c1. The molecule has 1 aliphatic heterocycles. The van der Waals surface area contributed by atoms with Crippen molar-refractivity contribution in [2.24, 2.45) is 0 Å². The molecule has 3 rings (SSSR count). The van der Waals surface area contributed by atoms with Crippen LogP contribution in [-0.2, 0) is 0 Å². The maximum atomic E-state index is 12.9. The largest absolute Gasteiger partial charge is 0.497 e. The van der Waals surface area contributed by atoms with Crippen molar-refractivity contribution >= 4 is 5.91 Å². The van der Waals surface area contributed by atoms with E-state index in [1.54, 1.807) is 7.11 Å². The van der Waals surface area contributed by atoms with Crippen molar-refractivity contribution in [2.45, 2.75) is 52.0 Å². The van der Waals surface area contributed by atoms with Gasteiger partial charge in [0.1, 0.15) is 11.3 Å². The highest BCUT2D eigenvalue weighted by Gasteiger charge is 2.26. The second-order valence-corrected chi connectivity index (χ2v) is 7.76. The number of aryl methyl sites for hydroxylation is 1. The molecule has 2 aromatic rings. The number of ether oxygens (including phenoxy) is 1. The van der Waals surface area contributed by atoms with E-state index in [9.17, 15) is 4.79 Å². The predicted molar refractivity (Wildman–Crippen MR) is 109 cm³/mol. The second-order valence-electron chi connectivity index (χ2n) is 7.76. The molecule has 0 radical (unpaired) electrons. The summed E-state index contributed by atoms with van der Waals surface area (Å²) in [5, 5.41) is 7.13. The van der Waals surface area contributed by atoms with Crippen LogP contribution in [-0.4, -0.2) is 42.7 Å². The first-order valence-electron chi connectivity index (χ1n) is 10.1. The number of carbonyl (C=O) groups is 1. The normalized spacial score (nSPS) is 16.2. The van der Waals surface area contributed by atoms with Gasteiger partial charge >= 0.3 is 0 Å². The molecule has 6 heteroatoms. The molecular weight excluding hydrogens is 354 g/mol. The molecule has 152 valence electrons. The number of rotatable bonds is 7. The molecule has 6 nitrogen and oxygen atoms in total. The van der Waals surface area contributed by atoms with E-state index in [0.717, 1.165) is 24.4 Å². The first-order chi connectivity index (χ1) is 13.5. The number of nitrogens with zero attached hydrogens (tertiary/aromatic N) is 2. The zero-order valence-corrected chi connectivity index (χ0v) is 17.3. The molecule has 0 bridgehead atoms. The number of aromatic nitrogens is 1. The molecule has 1 aromatic carbocycles. The van der Waals surface area contributed by atoms with E-state index in [4.69, 9.17) is 9.26 Å². The van der Waals surface area contributed by atoms with Gasteiger partial charge in [0.15, 0.2) is 5.76 Å². The van der Waals surface area contributed by atoms with Crippen LogP contribution in [0.3, 0.4) is 0 Å². The third kappa shape index (κ3) is 4.55. The summed E-state index contributed by atoms with van der Waals surface area (Å²) in [4.78, 5) is 15.4. The molecule has 2 heterocycles. The Bertz CT molecular complexity index is 794. The smallest absolute Gasteiger partial charge is 0.256 e. The molecule has 1 N–H and O–H groups in total. The van der Waals surface area contributed by atoms with Crippen molar-refractivity contribution in [3.63, 3.8) is 0 Å². The average molecular weight is 386 g/mol. The lowest BCUT2D eigenvalue weighted by Gasteiger charge is -2.35. The molecule has 0 saturated carbocycles. The average Bonchev–Trinajstić information content (AvgIpc) is 3.11. The monoisotopic (exact) mass is 385 g/mol. The van der Waals surface area contributed by atoms with Gasteiger partial charge in [0, 0.05) is 12.5 Å². The van der Waals surface area contributed by atoms with Crippen molar-refractivity contribution in [3.05, 3.63) is 46.8 Å². The lowest BCUT2D eigenvalue weighted by atomic mass is 10.0. The van der Waals surface area contributed by atoms with E-state index in [0.29, 0.717) is 23.6 Å². The molecule has 1 aromatic heterocycles. The Kier molecular flexibility index (Phi) is 6.73. The van der Waals surface area contributed by atoms with E-state index in [2.05, 4.69) is 27.5 Å². The molecule has 1 saturated heterocycles. The second kappa shape index (κ2) is 9.24. The first kappa shape index (κ1) is 20.4. The number of methoxy groups -OCH3 is 1. The fraction of sp³-hybridized carbons (Fsp3) is 0.545. The van der Waals surface area contributed by atoms with Gasteiger partial charge < -0.3 is 14.6 Å². The van der Waals surface area contributed by atoms with Crippen LogP contribution in [0.4, 0.5) is 0 Å². The molecule has 1 aliphatic rings. The maximum absolute atomic E-state index is 12.9. The highest BCUT2D eigenvalue weighted by molar-refractivity contribution is 5.96. The lowest BCUT2D eigenvalue weighted by molar-refractivity contribution is 0.0921. The number of piperidine rings is 1. The van der Waals surface area contributed by atoms with Crippen LogP contribution in [0.15, 0.2) is 28.8 Å². The molecule has 0 aliphatic carbocycles. The summed E-state index contributed by atoms with van der Waals surface area (Å²) in [6, 6.07) is 8.24. The van der Waals surface area contributed by atoms with Gasteiger partial charge in [-0.05, 0) is 50.6 Å². The summed E-state index contributed by atoms with van der Waals surface area (Å²) in [6.45, 7) is 8.44. The third-order valence-corrected chi connectivity index (χ3v) is 5.41. The van der Waals surface area contributed by atoms with Gasteiger partial charge in [-0.3, -0.25) is 9.69 Å². The van der Waals surface area contributed by atoms with Crippen LogP contribution in [0, 0.1) is 6.92 Å². The minimum atomic E-state index is -0.118. The maximum Gasteiger partial charge on any atom is 0.256 e. The minimum absolute atomic E-state index is 0.109. The number of hydrogen-bond donors (Lipinski definition) is 1. The Labute approximate surface area is 167 Å². The number of carbonyl (C=O) groups excluding carboxylic acids is 1.